The Labute approximate surface area is 119 Å². The van der Waals surface area contributed by atoms with Crippen molar-refractivity contribution >= 4 is 33.4 Å². The smallest absolute Gasteiger partial charge is 0.307 e. The van der Waals surface area contributed by atoms with Gasteiger partial charge in [-0.1, -0.05) is 12.1 Å². The van der Waals surface area contributed by atoms with Crippen molar-refractivity contribution < 1.29 is 14.7 Å². The van der Waals surface area contributed by atoms with Gasteiger partial charge in [-0.15, -0.1) is 11.3 Å². The van der Waals surface area contributed by atoms with Crippen LogP contribution in [0.15, 0.2) is 24.3 Å². The topological polar surface area (TPSA) is 70.5 Å². The highest BCUT2D eigenvalue weighted by atomic mass is 32.1. The zero-order valence-corrected chi connectivity index (χ0v) is 11.8. The predicted octanol–water partition coefficient (Wildman–Crippen LogP) is 1.98. The van der Waals surface area contributed by atoms with Crippen LogP contribution in [0.3, 0.4) is 0 Å². The van der Waals surface area contributed by atoms with Crippen molar-refractivity contribution in [2.45, 2.75) is 13.0 Å². The number of hydrogen-bond acceptors (Lipinski definition) is 4. The molecule has 0 bridgehead atoms. The highest BCUT2D eigenvalue weighted by Gasteiger charge is 2.49. The van der Waals surface area contributed by atoms with Crippen molar-refractivity contribution in [2.75, 3.05) is 7.05 Å². The monoisotopic (exact) mass is 290 g/mol. The van der Waals surface area contributed by atoms with E-state index in [1.807, 2.05) is 24.3 Å². The van der Waals surface area contributed by atoms with Gasteiger partial charge in [0.25, 0.3) is 0 Å². The summed E-state index contributed by atoms with van der Waals surface area (Å²) in [4.78, 5) is 28.9. The first-order chi connectivity index (χ1) is 9.56. The van der Waals surface area contributed by atoms with Crippen LogP contribution in [-0.4, -0.2) is 33.9 Å². The van der Waals surface area contributed by atoms with Crippen LogP contribution in [0.1, 0.15) is 11.4 Å². The van der Waals surface area contributed by atoms with Crippen molar-refractivity contribution in [1.82, 2.24) is 9.88 Å². The van der Waals surface area contributed by atoms with E-state index in [0.717, 1.165) is 15.2 Å². The van der Waals surface area contributed by atoms with Gasteiger partial charge in [-0.25, -0.2) is 4.98 Å². The summed E-state index contributed by atoms with van der Waals surface area (Å²) in [6, 6.07) is 7.83. The van der Waals surface area contributed by atoms with Gasteiger partial charge >= 0.3 is 5.97 Å². The number of hydrogen-bond donors (Lipinski definition) is 1. The van der Waals surface area contributed by atoms with E-state index in [4.69, 9.17) is 5.11 Å². The molecule has 1 saturated carbocycles. The Kier molecular flexibility index (Phi) is 3.17. The molecule has 1 aliphatic carbocycles. The Balaban J connectivity index is 1.68. The molecule has 6 heteroatoms. The van der Waals surface area contributed by atoms with Crippen molar-refractivity contribution in [2.24, 2.45) is 11.8 Å². The van der Waals surface area contributed by atoms with Gasteiger partial charge < -0.3 is 10.0 Å². The minimum atomic E-state index is -0.878. The first kappa shape index (κ1) is 13.1. The summed E-state index contributed by atoms with van der Waals surface area (Å²) < 4.78 is 1.10. The highest BCUT2D eigenvalue weighted by molar-refractivity contribution is 7.18. The maximum Gasteiger partial charge on any atom is 0.307 e. The summed E-state index contributed by atoms with van der Waals surface area (Å²) in [5.41, 5.74) is 0.934. The molecule has 3 rings (SSSR count). The van der Waals surface area contributed by atoms with Crippen molar-refractivity contribution in [3.63, 3.8) is 0 Å². The molecular formula is C14H14N2O3S. The number of aromatic nitrogens is 1. The molecule has 1 aromatic carbocycles. The van der Waals surface area contributed by atoms with Crippen LogP contribution in [-0.2, 0) is 16.1 Å². The van der Waals surface area contributed by atoms with Gasteiger partial charge in [-0.3, -0.25) is 9.59 Å². The van der Waals surface area contributed by atoms with E-state index in [1.54, 1.807) is 23.3 Å². The molecule has 20 heavy (non-hydrogen) atoms. The minimum Gasteiger partial charge on any atom is -0.481 e. The SMILES string of the molecule is CN(Cc1nc2ccccc2s1)C(=O)[C@@H]1C[C@H]1C(=O)O. The lowest BCUT2D eigenvalue weighted by Crippen LogP contribution is -2.28. The molecule has 1 heterocycles. The fourth-order valence-electron chi connectivity index (χ4n) is 2.29. The Morgan fingerprint density at radius 2 is 2.15 bits per heavy atom. The van der Waals surface area contributed by atoms with E-state index >= 15 is 0 Å². The molecule has 0 radical (unpaired) electrons. The number of rotatable bonds is 4. The predicted molar refractivity (Wildman–Crippen MR) is 75.3 cm³/mol. The maximum absolute atomic E-state index is 12.1. The summed E-state index contributed by atoms with van der Waals surface area (Å²) >= 11 is 1.56. The van der Waals surface area contributed by atoms with Gasteiger partial charge in [-0.2, -0.15) is 0 Å². The fourth-order valence-corrected chi connectivity index (χ4v) is 3.31. The normalized spacial score (nSPS) is 20.9. The number of carboxylic acids is 1. The lowest BCUT2D eigenvalue weighted by Gasteiger charge is -2.15. The van der Waals surface area contributed by atoms with Crippen LogP contribution < -0.4 is 0 Å². The number of carboxylic acid groups (broad SMARTS) is 1. The van der Waals surface area contributed by atoms with E-state index in [1.165, 1.54) is 0 Å². The third-order valence-electron chi connectivity index (χ3n) is 3.51. The molecular weight excluding hydrogens is 276 g/mol. The summed E-state index contributed by atoms with van der Waals surface area (Å²) in [7, 11) is 1.70. The first-order valence-corrected chi connectivity index (χ1v) is 7.20. The van der Waals surface area contributed by atoms with E-state index in [-0.39, 0.29) is 11.8 Å². The lowest BCUT2D eigenvalue weighted by molar-refractivity contribution is -0.141. The number of aliphatic carboxylic acids is 1. The number of carbonyl (C=O) groups is 2. The third-order valence-corrected chi connectivity index (χ3v) is 4.53. The number of nitrogens with zero attached hydrogens (tertiary/aromatic N) is 2. The van der Waals surface area contributed by atoms with Crippen molar-refractivity contribution in [1.29, 1.82) is 0 Å². The van der Waals surface area contributed by atoms with Crippen LogP contribution >= 0.6 is 11.3 Å². The number of benzene rings is 1. The molecule has 5 nitrogen and oxygen atoms in total. The quantitative estimate of drug-likeness (QED) is 0.934. The average Bonchev–Trinajstić information content (AvgIpc) is 3.12. The van der Waals surface area contributed by atoms with Gasteiger partial charge in [0.05, 0.1) is 28.6 Å². The van der Waals surface area contributed by atoms with Gasteiger partial charge in [0.15, 0.2) is 0 Å². The molecule has 2 atom stereocenters. The Morgan fingerprint density at radius 3 is 2.80 bits per heavy atom. The Bertz CT molecular complexity index is 649. The fraction of sp³-hybridized carbons (Fsp3) is 0.357. The lowest BCUT2D eigenvalue weighted by atomic mass is 10.3. The van der Waals surface area contributed by atoms with Gasteiger partial charge in [0.2, 0.25) is 5.91 Å². The number of amides is 1. The zero-order chi connectivity index (χ0) is 14.3. The van der Waals surface area contributed by atoms with E-state index < -0.39 is 11.9 Å². The van der Waals surface area contributed by atoms with Crippen molar-refractivity contribution in [3.05, 3.63) is 29.3 Å². The minimum absolute atomic E-state index is 0.100. The second-order valence-electron chi connectivity index (χ2n) is 5.06. The van der Waals surface area contributed by atoms with Crippen LogP contribution in [0, 0.1) is 11.8 Å². The van der Waals surface area contributed by atoms with Crippen LogP contribution in [0.25, 0.3) is 10.2 Å². The van der Waals surface area contributed by atoms with Crippen LogP contribution in [0.4, 0.5) is 0 Å². The third kappa shape index (κ3) is 2.38. The summed E-state index contributed by atoms with van der Waals surface area (Å²) in [6.45, 7) is 0.432. The summed E-state index contributed by atoms with van der Waals surface area (Å²) in [6.07, 6.45) is 0.457. The van der Waals surface area contributed by atoms with Gasteiger partial charge in [0, 0.05) is 7.05 Å². The summed E-state index contributed by atoms with van der Waals surface area (Å²) in [5, 5.41) is 9.73. The second-order valence-corrected chi connectivity index (χ2v) is 6.17. The molecule has 0 unspecified atom stereocenters. The van der Waals surface area contributed by atoms with Crippen molar-refractivity contribution in [3.8, 4) is 0 Å². The van der Waals surface area contributed by atoms with Crippen LogP contribution in [0.2, 0.25) is 0 Å². The highest BCUT2D eigenvalue weighted by Crippen LogP contribution is 2.40. The van der Waals surface area contributed by atoms with Gasteiger partial charge in [0.1, 0.15) is 5.01 Å². The molecule has 1 N–H and O–H groups in total. The van der Waals surface area contributed by atoms with E-state index in [9.17, 15) is 9.59 Å². The molecule has 1 aromatic heterocycles. The first-order valence-electron chi connectivity index (χ1n) is 6.38. The molecule has 2 aromatic rings. The number of fused-ring (bicyclic) bond motifs is 1. The molecule has 0 aliphatic heterocycles. The Hall–Kier alpha value is -1.95. The number of carbonyl (C=O) groups excluding carboxylic acids is 1. The molecule has 1 fully saturated rings. The standard InChI is InChI=1S/C14H14N2O3S/c1-16(13(17)8-6-9(8)14(18)19)7-12-15-10-4-2-3-5-11(10)20-12/h2-5,8-9H,6-7H2,1H3,(H,18,19)/t8-,9-/m1/s1. The van der Waals surface area contributed by atoms with E-state index in [0.29, 0.717) is 13.0 Å². The molecule has 0 saturated heterocycles. The maximum atomic E-state index is 12.1. The average molecular weight is 290 g/mol. The second kappa shape index (κ2) is 4.86. The zero-order valence-electron chi connectivity index (χ0n) is 10.9. The largest absolute Gasteiger partial charge is 0.481 e. The van der Waals surface area contributed by atoms with Crippen LogP contribution in [0.5, 0.6) is 0 Å². The van der Waals surface area contributed by atoms with E-state index in [2.05, 4.69) is 4.98 Å². The molecule has 0 spiro atoms. The van der Waals surface area contributed by atoms with Gasteiger partial charge in [-0.05, 0) is 18.6 Å². The Morgan fingerprint density at radius 1 is 1.40 bits per heavy atom. The number of thiazole rings is 1. The summed E-state index contributed by atoms with van der Waals surface area (Å²) in [5.74, 6) is -1.83. The molecule has 1 amide bonds. The molecule has 1 aliphatic rings. The number of para-hydroxylation sites is 1. The molecule has 104 valence electrons.